The molecule has 0 radical (unpaired) electrons. The highest BCUT2D eigenvalue weighted by Gasteiger charge is 2.13. The van der Waals surface area contributed by atoms with E-state index in [0.717, 1.165) is 15.8 Å². The predicted molar refractivity (Wildman–Crippen MR) is 68.6 cm³/mol. The molecule has 0 bridgehead atoms. The molecular formula is C12H18BrNO2. The molecule has 3 nitrogen and oxygen atoms in total. The largest absolute Gasteiger partial charge is 0.496 e. The van der Waals surface area contributed by atoms with Gasteiger partial charge in [0, 0.05) is 16.6 Å². The maximum absolute atomic E-state index is 5.47. The highest BCUT2D eigenvalue weighted by atomic mass is 79.9. The third kappa shape index (κ3) is 3.20. The van der Waals surface area contributed by atoms with E-state index in [1.807, 2.05) is 6.07 Å². The Morgan fingerprint density at radius 2 is 2.00 bits per heavy atom. The molecule has 1 aromatic carbocycles. The number of nitrogens with one attached hydrogen (secondary N) is 1. The van der Waals surface area contributed by atoms with Gasteiger partial charge in [0.2, 0.25) is 0 Å². The number of hydroxylamine groups is 1. The van der Waals surface area contributed by atoms with Crippen molar-refractivity contribution in [1.82, 2.24) is 5.48 Å². The fourth-order valence-corrected chi connectivity index (χ4v) is 2.16. The minimum absolute atomic E-state index is 0.425. The van der Waals surface area contributed by atoms with Gasteiger partial charge in [-0.2, -0.15) is 5.48 Å². The third-order valence-corrected chi connectivity index (χ3v) is 2.85. The molecule has 0 amide bonds. The van der Waals surface area contributed by atoms with Gasteiger partial charge in [-0.25, -0.2) is 0 Å². The lowest BCUT2D eigenvalue weighted by Gasteiger charge is -2.17. The van der Waals surface area contributed by atoms with Crippen molar-refractivity contribution >= 4 is 15.9 Å². The predicted octanol–water partition coefficient (Wildman–Crippen LogP) is 3.23. The normalized spacial score (nSPS) is 10.9. The minimum Gasteiger partial charge on any atom is -0.496 e. The molecule has 0 aromatic heterocycles. The van der Waals surface area contributed by atoms with E-state index in [2.05, 4.69) is 41.3 Å². The Hall–Kier alpha value is -0.580. The Morgan fingerprint density at radius 3 is 2.50 bits per heavy atom. The zero-order chi connectivity index (χ0) is 12.1. The van der Waals surface area contributed by atoms with Crippen molar-refractivity contribution in [2.45, 2.75) is 26.3 Å². The number of benzene rings is 1. The van der Waals surface area contributed by atoms with Crippen LogP contribution in [0.25, 0.3) is 0 Å². The second kappa shape index (κ2) is 6.23. The Kier molecular flexibility index (Phi) is 5.25. The van der Waals surface area contributed by atoms with Crippen molar-refractivity contribution < 1.29 is 9.57 Å². The van der Waals surface area contributed by atoms with Gasteiger partial charge in [0.05, 0.1) is 14.2 Å². The average molecular weight is 288 g/mol. The summed E-state index contributed by atoms with van der Waals surface area (Å²) in [6, 6.07) is 4.14. The second-order valence-corrected chi connectivity index (χ2v) is 4.78. The SMILES string of the molecule is CONCc1cc(Br)cc(C(C)C)c1OC. The first-order valence-electron chi connectivity index (χ1n) is 5.22. The third-order valence-electron chi connectivity index (χ3n) is 2.39. The average Bonchev–Trinajstić information content (AvgIpc) is 2.25. The summed E-state index contributed by atoms with van der Waals surface area (Å²) in [7, 11) is 3.30. The first-order valence-corrected chi connectivity index (χ1v) is 6.01. The number of ether oxygens (including phenoxy) is 1. The molecule has 0 heterocycles. The van der Waals surface area contributed by atoms with Crippen molar-refractivity contribution in [1.29, 1.82) is 0 Å². The van der Waals surface area contributed by atoms with Crippen LogP contribution in [-0.2, 0) is 11.4 Å². The Labute approximate surface area is 105 Å². The fourth-order valence-electron chi connectivity index (χ4n) is 1.63. The number of halogens is 1. The molecule has 16 heavy (non-hydrogen) atoms. The molecular weight excluding hydrogens is 270 g/mol. The van der Waals surface area contributed by atoms with Crippen LogP contribution >= 0.6 is 15.9 Å². The smallest absolute Gasteiger partial charge is 0.126 e. The van der Waals surface area contributed by atoms with Crippen LogP contribution < -0.4 is 10.2 Å². The topological polar surface area (TPSA) is 30.5 Å². The van der Waals surface area contributed by atoms with Gasteiger partial charge in [-0.1, -0.05) is 29.8 Å². The van der Waals surface area contributed by atoms with Gasteiger partial charge >= 0.3 is 0 Å². The first-order chi connectivity index (χ1) is 7.60. The summed E-state index contributed by atoms with van der Waals surface area (Å²) in [5, 5.41) is 0. The van der Waals surface area contributed by atoms with Gasteiger partial charge in [-0.05, 0) is 23.6 Å². The molecule has 90 valence electrons. The Morgan fingerprint density at radius 1 is 1.31 bits per heavy atom. The van der Waals surface area contributed by atoms with Crippen molar-refractivity contribution in [3.8, 4) is 5.75 Å². The van der Waals surface area contributed by atoms with Crippen molar-refractivity contribution in [3.05, 3.63) is 27.7 Å². The fraction of sp³-hybridized carbons (Fsp3) is 0.500. The van der Waals surface area contributed by atoms with Gasteiger partial charge in [-0.15, -0.1) is 0 Å². The lowest BCUT2D eigenvalue weighted by molar-refractivity contribution is 0.0861. The van der Waals surface area contributed by atoms with Crippen LogP contribution in [0.4, 0.5) is 0 Å². The van der Waals surface area contributed by atoms with Crippen LogP contribution in [0.15, 0.2) is 16.6 Å². The highest BCUT2D eigenvalue weighted by molar-refractivity contribution is 9.10. The van der Waals surface area contributed by atoms with Crippen molar-refractivity contribution in [2.75, 3.05) is 14.2 Å². The van der Waals surface area contributed by atoms with E-state index in [1.54, 1.807) is 14.2 Å². The summed E-state index contributed by atoms with van der Waals surface area (Å²) >= 11 is 3.51. The molecule has 0 saturated carbocycles. The van der Waals surface area contributed by atoms with Crippen LogP contribution in [0.1, 0.15) is 30.9 Å². The maximum atomic E-state index is 5.47. The molecule has 4 heteroatoms. The minimum atomic E-state index is 0.425. The summed E-state index contributed by atoms with van der Waals surface area (Å²) in [5.74, 6) is 1.36. The van der Waals surface area contributed by atoms with Gasteiger partial charge in [0.25, 0.3) is 0 Å². The molecule has 0 saturated heterocycles. The first kappa shape index (κ1) is 13.5. The van der Waals surface area contributed by atoms with Crippen LogP contribution in [-0.4, -0.2) is 14.2 Å². The van der Waals surface area contributed by atoms with E-state index in [1.165, 1.54) is 5.56 Å². The van der Waals surface area contributed by atoms with E-state index in [4.69, 9.17) is 9.57 Å². The standard InChI is InChI=1S/C12H18BrNO2/c1-8(2)11-6-10(13)5-9(7-14-16-4)12(11)15-3/h5-6,8,14H,7H2,1-4H3. The monoisotopic (exact) mass is 287 g/mol. The Bertz CT molecular complexity index is 353. The number of methoxy groups -OCH3 is 1. The lowest BCUT2D eigenvalue weighted by Crippen LogP contribution is -2.12. The summed E-state index contributed by atoms with van der Waals surface area (Å²) in [5.41, 5.74) is 5.12. The van der Waals surface area contributed by atoms with Crippen LogP contribution in [0, 0.1) is 0 Å². The maximum Gasteiger partial charge on any atom is 0.126 e. The van der Waals surface area contributed by atoms with Crippen LogP contribution in [0.3, 0.4) is 0 Å². The number of rotatable bonds is 5. The lowest BCUT2D eigenvalue weighted by atomic mass is 9.99. The van der Waals surface area contributed by atoms with Crippen LogP contribution in [0.5, 0.6) is 5.75 Å². The van der Waals surface area contributed by atoms with E-state index in [0.29, 0.717) is 12.5 Å². The molecule has 1 aromatic rings. The summed E-state index contributed by atoms with van der Waals surface area (Å²) in [4.78, 5) is 4.86. The molecule has 1 rings (SSSR count). The molecule has 0 spiro atoms. The zero-order valence-electron chi connectivity index (χ0n) is 10.1. The van der Waals surface area contributed by atoms with E-state index < -0.39 is 0 Å². The van der Waals surface area contributed by atoms with Crippen molar-refractivity contribution in [3.63, 3.8) is 0 Å². The highest BCUT2D eigenvalue weighted by Crippen LogP contribution is 2.33. The Balaban J connectivity index is 3.14. The van der Waals surface area contributed by atoms with Gasteiger partial charge in [-0.3, -0.25) is 0 Å². The van der Waals surface area contributed by atoms with Gasteiger partial charge < -0.3 is 9.57 Å². The zero-order valence-corrected chi connectivity index (χ0v) is 11.7. The van der Waals surface area contributed by atoms with Crippen LogP contribution in [0.2, 0.25) is 0 Å². The van der Waals surface area contributed by atoms with Gasteiger partial charge in [0.15, 0.2) is 0 Å². The second-order valence-electron chi connectivity index (χ2n) is 3.87. The van der Waals surface area contributed by atoms with E-state index in [9.17, 15) is 0 Å². The molecule has 0 fully saturated rings. The summed E-state index contributed by atoms with van der Waals surface area (Å²) < 4.78 is 6.53. The molecule has 1 N–H and O–H groups in total. The number of hydrogen-bond donors (Lipinski definition) is 1. The van der Waals surface area contributed by atoms with E-state index >= 15 is 0 Å². The molecule has 0 aliphatic rings. The molecule has 0 atom stereocenters. The molecule has 0 aliphatic carbocycles. The molecule has 0 unspecified atom stereocenters. The van der Waals surface area contributed by atoms with E-state index in [-0.39, 0.29) is 0 Å². The molecule has 0 aliphatic heterocycles. The number of hydrogen-bond acceptors (Lipinski definition) is 3. The quantitative estimate of drug-likeness (QED) is 0.844. The summed E-state index contributed by atoms with van der Waals surface area (Å²) in [6.45, 7) is 4.93. The van der Waals surface area contributed by atoms with Crippen molar-refractivity contribution in [2.24, 2.45) is 0 Å². The summed E-state index contributed by atoms with van der Waals surface area (Å²) in [6.07, 6.45) is 0. The van der Waals surface area contributed by atoms with Gasteiger partial charge in [0.1, 0.15) is 5.75 Å².